The van der Waals surface area contributed by atoms with E-state index in [4.69, 9.17) is 15.0 Å². The van der Waals surface area contributed by atoms with Gasteiger partial charge in [-0.3, -0.25) is 0 Å². The molecule has 0 radical (unpaired) electrons. The van der Waals surface area contributed by atoms with E-state index in [1.165, 1.54) is 48.6 Å². The van der Waals surface area contributed by atoms with E-state index in [0.717, 1.165) is 66.8 Å². The predicted molar refractivity (Wildman–Crippen MR) is 263 cm³/mol. The summed E-state index contributed by atoms with van der Waals surface area (Å²) in [6, 6.07) is 80.8. The fourth-order valence-corrected chi connectivity index (χ4v) is 11.5. The maximum Gasteiger partial charge on any atom is 0.160 e. The second-order valence-corrected chi connectivity index (χ2v) is 17.7. The van der Waals surface area contributed by atoms with Crippen LogP contribution >= 0.6 is 11.8 Å². The quantitative estimate of drug-likeness (QED) is 0.162. The van der Waals surface area contributed by atoms with Crippen LogP contribution in [0.1, 0.15) is 22.3 Å². The molecule has 0 fully saturated rings. The standard InChI is InChI=1S/C60H37N3S/c1-4-16-39(17-5-1)51-37-52(63-59(62-51)42-20-8-3-9-21-42)40-30-28-38(29-31-40)43-32-33-45-53(36-43)61-58(41-18-6-2-7-19-41)46-34-35-50-57(56(45)46)44-22-10-11-23-47(44)60(50)48-24-12-14-26-54(48)64-55-27-15-13-25-49(55)60/h1-37H. The Kier molecular flexibility index (Phi) is 8.37. The van der Waals surface area contributed by atoms with Gasteiger partial charge in [-0.05, 0) is 68.8 Å². The lowest BCUT2D eigenvalue weighted by atomic mass is 9.67. The molecule has 0 unspecified atom stereocenters. The van der Waals surface area contributed by atoms with E-state index in [1.54, 1.807) is 0 Å². The summed E-state index contributed by atoms with van der Waals surface area (Å²) in [6.45, 7) is 0. The molecule has 2 aromatic heterocycles. The fraction of sp³-hybridized carbons (Fsp3) is 0.0167. The van der Waals surface area contributed by atoms with Crippen molar-refractivity contribution in [3.8, 4) is 67.4 Å². The summed E-state index contributed by atoms with van der Waals surface area (Å²) < 4.78 is 0. The van der Waals surface area contributed by atoms with Gasteiger partial charge in [0, 0.05) is 48.2 Å². The normalized spacial score (nSPS) is 13.1. The summed E-state index contributed by atoms with van der Waals surface area (Å²) in [7, 11) is 0. The molecule has 3 heterocycles. The highest BCUT2D eigenvalue weighted by molar-refractivity contribution is 7.99. The van der Waals surface area contributed by atoms with Crippen LogP contribution in [0.5, 0.6) is 0 Å². The van der Waals surface area contributed by atoms with Crippen LogP contribution in [0.25, 0.3) is 89.1 Å². The summed E-state index contributed by atoms with van der Waals surface area (Å²) in [6.07, 6.45) is 0. The molecular weight excluding hydrogens is 795 g/mol. The van der Waals surface area contributed by atoms with Crippen LogP contribution in [0, 0.1) is 0 Å². The minimum absolute atomic E-state index is 0.462. The van der Waals surface area contributed by atoms with Crippen LogP contribution in [-0.2, 0) is 5.41 Å². The number of rotatable bonds is 5. The molecule has 0 N–H and O–H groups in total. The van der Waals surface area contributed by atoms with Gasteiger partial charge >= 0.3 is 0 Å². The van der Waals surface area contributed by atoms with Crippen LogP contribution in [-0.4, -0.2) is 15.0 Å². The van der Waals surface area contributed by atoms with E-state index in [1.807, 2.05) is 36.0 Å². The summed E-state index contributed by atoms with van der Waals surface area (Å²) in [4.78, 5) is 18.2. The van der Waals surface area contributed by atoms with Gasteiger partial charge in [-0.1, -0.05) is 212 Å². The topological polar surface area (TPSA) is 38.7 Å². The second kappa shape index (κ2) is 14.6. The van der Waals surface area contributed by atoms with Gasteiger partial charge in [0.25, 0.3) is 0 Å². The van der Waals surface area contributed by atoms with E-state index in [0.29, 0.717) is 5.82 Å². The van der Waals surface area contributed by atoms with Crippen LogP contribution in [0.15, 0.2) is 234 Å². The van der Waals surface area contributed by atoms with Gasteiger partial charge in [0.15, 0.2) is 5.82 Å². The third kappa shape index (κ3) is 5.59. The second-order valence-electron chi connectivity index (χ2n) is 16.6. The van der Waals surface area contributed by atoms with Gasteiger partial charge in [0.1, 0.15) is 0 Å². The minimum atomic E-state index is -0.462. The molecular formula is C60H37N3S. The van der Waals surface area contributed by atoms with Gasteiger partial charge in [-0.15, -0.1) is 0 Å². The number of aromatic nitrogens is 3. The number of nitrogens with zero attached hydrogens (tertiary/aromatic N) is 3. The smallest absolute Gasteiger partial charge is 0.160 e. The highest BCUT2D eigenvalue weighted by Gasteiger charge is 2.50. The molecule has 0 saturated carbocycles. The Morgan fingerprint density at radius 1 is 0.344 bits per heavy atom. The summed E-state index contributed by atoms with van der Waals surface area (Å²) in [5, 5.41) is 3.55. The molecule has 64 heavy (non-hydrogen) atoms. The molecule has 298 valence electrons. The first-order chi connectivity index (χ1) is 31.7. The lowest BCUT2D eigenvalue weighted by molar-refractivity contribution is 0.723. The monoisotopic (exact) mass is 831 g/mol. The van der Waals surface area contributed by atoms with Gasteiger partial charge in [0.05, 0.1) is 28.0 Å². The lowest BCUT2D eigenvalue weighted by Crippen LogP contribution is -2.31. The average Bonchev–Trinajstić information content (AvgIpc) is 3.67. The first kappa shape index (κ1) is 36.7. The van der Waals surface area contributed by atoms with E-state index < -0.39 is 5.41 Å². The molecule has 13 rings (SSSR count). The molecule has 11 aromatic rings. The van der Waals surface area contributed by atoms with Crippen molar-refractivity contribution in [3.05, 3.63) is 247 Å². The third-order valence-electron chi connectivity index (χ3n) is 13.2. The van der Waals surface area contributed by atoms with Crippen molar-refractivity contribution >= 4 is 33.4 Å². The van der Waals surface area contributed by atoms with E-state index in [2.05, 4.69) is 200 Å². The number of pyridine rings is 1. The number of fused-ring (bicyclic) bond motifs is 13. The molecule has 3 nitrogen and oxygen atoms in total. The zero-order chi connectivity index (χ0) is 42.2. The third-order valence-corrected chi connectivity index (χ3v) is 14.3. The Morgan fingerprint density at radius 2 is 0.859 bits per heavy atom. The average molecular weight is 832 g/mol. The van der Waals surface area contributed by atoms with Crippen molar-refractivity contribution in [3.63, 3.8) is 0 Å². The van der Waals surface area contributed by atoms with Crippen LogP contribution in [0.3, 0.4) is 0 Å². The number of benzene rings is 9. The Balaban J connectivity index is 1.00. The minimum Gasteiger partial charge on any atom is -0.247 e. The van der Waals surface area contributed by atoms with Crippen LogP contribution in [0.2, 0.25) is 0 Å². The SMILES string of the molecule is c1ccc(-c2cc(-c3ccc(-c4ccc5c(c4)nc(-c4ccccc4)c4ccc6c(c45)-c4ccccc4C64c5ccccc5Sc5ccccc54)cc3)nc(-c3ccccc3)n2)cc1. The molecule has 0 amide bonds. The van der Waals surface area contributed by atoms with Gasteiger partial charge in [0.2, 0.25) is 0 Å². The summed E-state index contributed by atoms with van der Waals surface area (Å²) >= 11 is 1.88. The number of hydrogen-bond acceptors (Lipinski definition) is 4. The van der Waals surface area contributed by atoms with Gasteiger partial charge < -0.3 is 0 Å². The Labute approximate surface area is 375 Å². The van der Waals surface area contributed by atoms with Crippen LogP contribution in [0.4, 0.5) is 0 Å². The Morgan fingerprint density at radius 3 is 1.53 bits per heavy atom. The Hall–Kier alpha value is -7.92. The molecule has 1 aliphatic heterocycles. The zero-order valence-corrected chi connectivity index (χ0v) is 35.4. The van der Waals surface area contributed by atoms with E-state index in [-0.39, 0.29) is 0 Å². The van der Waals surface area contributed by atoms with Crippen molar-refractivity contribution in [2.24, 2.45) is 0 Å². The molecule has 1 aliphatic carbocycles. The molecule has 1 spiro atoms. The molecule has 0 bridgehead atoms. The van der Waals surface area contributed by atoms with Crippen molar-refractivity contribution in [1.29, 1.82) is 0 Å². The summed E-state index contributed by atoms with van der Waals surface area (Å²) in [5.74, 6) is 0.707. The van der Waals surface area contributed by atoms with Crippen molar-refractivity contribution in [2.45, 2.75) is 15.2 Å². The zero-order valence-electron chi connectivity index (χ0n) is 34.6. The molecule has 2 aliphatic rings. The number of hydrogen-bond donors (Lipinski definition) is 0. The van der Waals surface area contributed by atoms with Gasteiger partial charge in [-0.2, -0.15) is 0 Å². The first-order valence-electron chi connectivity index (χ1n) is 21.8. The highest BCUT2D eigenvalue weighted by Crippen LogP contribution is 2.63. The maximum absolute atomic E-state index is 5.54. The van der Waals surface area contributed by atoms with Crippen molar-refractivity contribution < 1.29 is 0 Å². The van der Waals surface area contributed by atoms with Gasteiger partial charge in [-0.25, -0.2) is 15.0 Å². The van der Waals surface area contributed by atoms with E-state index in [9.17, 15) is 0 Å². The van der Waals surface area contributed by atoms with Crippen LogP contribution < -0.4 is 0 Å². The molecule has 4 heteroatoms. The van der Waals surface area contributed by atoms with Crippen molar-refractivity contribution in [1.82, 2.24) is 15.0 Å². The predicted octanol–water partition coefficient (Wildman–Crippen LogP) is 15.3. The largest absolute Gasteiger partial charge is 0.247 e. The molecule has 0 atom stereocenters. The Bertz CT molecular complexity index is 3520. The maximum atomic E-state index is 5.54. The fourth-order valence-electron chi connectivity index (χ4n) is 10.3. The summed E-state index contributed by atoms with van der Waals surface area (Å²) in [5.41, 5.74) is 17.6. The molecule has 9 aromatic carbocycles. The first-order valence-corrected chi connectivity index (χ1v) is 22.6. The van der Waals surface area contributed by atoms with Crippen molar-refractivity contribution in [2.75, 3.05) is 0 Å². The highest BCUT2D eigenvalue weighted by atomic mass is 32.2. The molecule has 0 saturated heterocycles. The van der Waals surface area contributed by atoms with E-state index >= 15 is 0 Å². The lowest BCUT2D eigenvalue weighted by Gasteiger charge is -2.39.